The maximum absolute atomic E-state index is 3.57. The molecule has 0 aliphatic heterocycles. The molecule has 1 rings (SSSR count). The van der Waals surface area contributed by atoms with Crippen LogP contribution in [0.3, 0.4) is 0 Å². The van der Waals surface area contributed by atoms with E-state index in [1.807, 2.05) is 0 Å². The highest BCUT2D eigenvalue weighted by atomic mass is 14.9. The number of benzene rings is 1. The molecule has 108 valence electrons. The molecule has 19 heavy (non-hydrogen) atoms. The summed E-state index contributed by atoms with van der Waals surface area (Å²) in [7, 11) is 2.12. The number of hydrogen-bond acceptors (Lipinski definition) is 1. The van der Waals surface area contributed by atoms with Gasteiger partial charge >= 0.3 is 0 Å². The second kappa shape index (κ2) is 8.37. The van der Waals surface area contributed by atoms with Crippen LogP contribution in [0.5, 0.6) is 0 Å². The summed E-state index contributed by atoms with van der Waals surface area (Å²) < 4.78 is 0. The minimum atomic E-state index is 0.611. The summed E-state index contributed by atoms with van der Waals surface area (Å²) in [6.07, 6.45) is 6.42. The van der Waals surface area contributed by atoms with Crippen molar-refractivity contribution in [3.05, 3.63) is 34.9 Å². The average Bonchev–Trinajstić information content (AvgIpc) is 2.38. The Hall–Kier alpha value is -0.820. The van der Waals surface area contributed by atoms with Crippen molar-refractivity contribution >= 4 is 0 Å². The predicted molar refractivity (Wildman–Crippen MR) is 85.8 cm³/mol. The number of rotatable bonds is 8. The van der Waals surface area contributed by atoms with E-state index in [4.69, 9.17) is 0 Å². The van der Waals surface area contributed by atoms with E-state index >= 15 is 0 Å². The Kier molecular flexibility index (Phi) is 7.15. The number of hydrogen-bond donors (Lipinski definition) is 1. The molecule has 0 aromatic heterocycles. The molecule has 1 atom stereocenters. The second-order valence-corrected chi connectivity index (χ2v) is 5.81. The van der Waals surface area contributed by atoms with Gasteiger partial charge in [0, 0.05) is 6.04 Å². The lowest BCUT2D eigenvalue weighted by Crippen LogP contribution is -2.36. The van der Waals surface area contributed by atoms with Crippen LogP contribution in [0.2, 0.25) is 0 Å². The highest BCUT2D eigenvalue weighted by Crippen LogP contribution is 2.23. The van der Waals surface area contributed by atoms with Gasteiger partial charge in [0.15, 0.2) is 0 Å². The fraction of sp³-hybridized carbons (Fsp3) is 0.667. The second-order valence-electron chi connectivity index (χ2n) is 5.81. The Balaban J connectivity index is 2.85. The summed E-state index contributed by atoms with van der Waals surface area (Å²) in [6, 6.07) is 7.26. The molecular weight excluding hydrogens is 230 g/mol. The smallest absolute Gasteiger partial charge is 0.0133 e. The molecule has 1 heteroatoms. The van der Waals surface area contributed by atoms with E-state index in [1.165, 1.54) is 43.2 Å². The quantitative estimate of drug-likeness (QED) is 0.718. The third kappa shape index (κ3) is 4.65. The molecule has 0 saturated carbocycles. The zero-order chi connectivity index (χ0) is 14.3. The van der Waals surface area contributed by atoms with Gasteiger partial charge in [-0.3, -0.25) is 0 Å². The van der Waals surface area contributed by atoms with Crippen molar-refractivity contribution in [2.75, 3.05) is 7.05 Å². The lowest BCUT2D eigenvalue weighted by atomic mass is 9.85. The molecule has 0 heterocycles. The van der Waals surface area contributed by atoms with E-state index in [1.54, 1.807) is 5.56 Å². The van der Waals surface area contributed by atoms with Gasteiger partial charge in [0.2, 0.25) is 0 Å². The average molecular weight is 261 g/mol. The lowest BCUT2D eigenvalue weighted by molar-refractivity contribution is 0.322. The van der Waals surface area contributed by atoms with E-state index in [2.05, 4.69) is 58.3 Å². The Labute approximate surface area is 119 Å². The fourth-order valence-electron chi connectivity index (χ4n) is 3.18. The molecule has 0 aliphatic carbocycles. The molecule has 0 radical (unpaired) electrons. The van der Waals surface area contributed by atoms with Crippen molar-refractivity contribution in [1.82, 2.24) is 5.32 Å². The molecule has 0 saturated heterocycles. The number of likely N-dealkylation sites (N-methyl/N-ethyl adjacent to an activating group) is 1. The van der Waals surface area contributed by atoms with Gasteiger partial charge in [-0.1, -0.05) is 44.9 Å². The van der Waals surface area contributed by atoms with E-state index in [0.29, 0.717) is 6.04 Å². The Morgan fingerprint density at radius 1 is 1.00 bits per heavy atom. The van der Waals surface area contributed by atoms with Crippen LogP contribution in [-0.2, 0) is 6.42 Å². The summed E-state index contributed by atoms with van der Waals surface area (Å²) in [5.74, 6) is 0.805. The van der Waals surface area contributed by atoms with Crippen LogP contribution in [0.1, 0.15) is 56.2 Å². The van der Waals surface area contributed by atoms with Crippen molar-refractivity contribution in [1.29, 1.82) is 0 Å². The zero-order valence-corrected chi connectivity index (χ0v) is 13.4. The van der Waals surface area contributed by atoms with Gasteiger partial charge in [-0.2, -0.15) is 0 Å². The van der Waals surface area contributed by atoms with Crippen LogP contribution in [-0.4, -0.2) is 13.1 Å². The molecular formula is C18H31N. The van der Waals surface area contributed by atoms with Gasteiger partial charge in [0.1, 0.15) is 0 Å². The van der Waals surface area contributed by atoms with Crippen LogP contribution in [0.25, 0.3) is 0 Å². The van der Waals surface area contributed by atoms with Gasteiger partial charge in [-0.05, 0) is 62.8 Å². The monoisotopic (exact) mass is 261 g/mol. The van der Waals surface area contributed by atoms with Crippen molar-refractivity contribution in [2.24, 2.45) is 5.92 Å². The maximum atomic E-state index is 3.57. The van der Waals surface area contributed by atoms with E-state index in [0.717, 1.165) is 5.92 Å². The first-order valence-corrected chi connectivity index (χ1v) is 7.86. The minimum Gasteiger partial charge on any atom is -0.316 e. The fourth-order valence-corrected chi connectivity index (χ4v) is 3.18. The third-order valence-electron chi connectivity index (χ3n) is 4.33. The van der Waals surface area contributed by atoms with Crippen molar-refractivity contribution < 1.29 is 0 Å². The molecule has 1 aromatic carbocycles. The Morgan fingerprint density at radius 2 is 1.53 bits per heavy atom. The largest absolute Gasteiger partial charge is 0.316 e. The van der Waals surface area contributed by atoms with Gasteiger partial charge in [0.05, 0.1) is 0 Å². The van der Waals surface area contributed by atoms with Gasteiger partial charge in [-0.15, -0.1) is 0 Å². The summed E-state index contributed by atoms with van der Waals surface area (Å²) in [6.45, 7) is 9.08. The summed E-state index contributed by atoms with van der Waals surface area (Å²) in [5.41, 5.74) is 4.41. The van der Waals surface area contributed by atoms with E-state index < -0.39 is 0 Å². The van der Waals surface area contributed by atoms with Crippen LogP contribution >= 0.6 is 0 Å². The Morgan fingerprint density at radius 3 is 1.95 bits per heavy atom. The zero-order valence-electron chi connectivity index (χ0n) is 13.4. The first-order chi connectivity index (χ1) is 9.13. The lowest BCUT2D eigenvalue weighted by Gasteiger charge is -2.28. The molecule has 0 aliphatic rings. The van der Waals surface area contributed by atoms with Crippen LogP contribution in [0.15, 0.2) is 18.2 Å². The number of aryl methyl sites for hydroxylation is 2. The molecule has 0 spiro atoms. The topological polar surface area (TPSA) is 12.0 Å². The van der Waals surface area contributed by atoms with Crippen molar-refractivity contribution in [3.63, 3.8) is 0 Å². The normalized spacial score (nSPS) is 12.9. The SMILES string of the molecule is CCCC(CCC)C(Cc1c(C)cccc1C)NC. The molecule has 0 fully saturated rings. The van der Waals surface area contributed by atoms with Crippen LogP contribution in [0.4, 0.5) is 0 Å². The van der Waals surface area contributed by atoms with Crippen LogP contribution in [0, 0.1) is 19.8 Å². The van der Waals surface area contributed by atoms with Gasteiger partial charge in [0.25, 0.3) is 0 Å². The van der Waals surface area contributed by atoms with Crippen molar-refractivity contribution in [2.45, 2.75) is 65.8 Å². The molecule has 1 nitrogen and oxygen atoms in total. The third-order valence-corrected chi connectivity index (χ3v) is 4.33. The minimum absolute atomic E-state index is 0.611. The maximum Gasteiger partial charge on any atom is 0.0133 e. The summed E-state index contributed by atoms with van der Waals surface area (Å²) >= 11 is 0. The molecule has 1 N–H and O–H groups in total. The summed E-state index contributed by atoms with van der Waals surface area (Å²) in [5, 5.41) is 3.57. The van der Waals surface area contributed by atoms with Crippen LogP contribution < -0.4 is 5.32 Å². The standard InChI is InChI=1S/C18H31N/c1-6-9-16(10-7-2)18(19-5)13-17-14(3)11-8-12-15(17)4/h8,11-12,16,18-19H,6-7,9-10,13H2,1-5H3. The molecule has 1 unspecified atom stereocenters. The highest BCUT2D eigenvalue weighted by Gasteiger charge is 2.20. The molecule has 1 aromatic rings. The predicted octanol–water partition coefficient (Wildman–Crippen LogP) is 4.65. The highest BCUT2D eigenvalue weighted by molar-refractivity contribution is 5.34. The summed E-state index contributed by atoms with van der Waals surface area (Å²) in [4.78, 5) is 0. The van der Waals surface area contributed by atoms with E-state index in [-0.39, 0.29) is 0 Å². The van der Waals surface area contributed by atoms with Gasteiger partial charge < -0.3 is 5.32 Å². The molecule has 0 bridgehead atoms. The van der Waals surface area contributed by atoms with E-state index in [9.17, 15) is 0 Å². The first-order valence-electron chi connectivity index (χ1n) is 7.86. The number of nitrogens with one attached hydrogen (secondary N) is 1. The molecule has 0 amide bonds. The Bertz CT molecular complexity index is 344. The van der Waals surface area contributed by atoms with Gasteiger partial charge in [-0.25, -0.2) is 0 Å². The first kappa shape index (κ1) is 16.2. The van der Waals surface area contributed by atoms with Crippen molar-refractivity contribution in [3.8, 4) is 0 Å².